The molecule has 11 heteroatoms. The molecule has 0 amide bonds. The molecule has 2 aliphatic rings. The number of hydrogen-bond donors (Lipinski definition) is 4. The summed E-state index contributed by atoms with van der Waals surface area (Å²) in [4.78, 5) is 8.59. The van der Waals surface area contributed by atoms with E-state index in [4.69, 9.17) is 16.3 Å². The zero-order chi connectivity index (χ0) is 25.3. The Balaban J connectivity index is 1.28. The van der Waals surface area contributed by atoms with Gasteiger partial charge in [0, 0.05) is 37.4 Å². The Morgan fingerprint density at radius 3 is 2.56 bits per heavy atom. The van der Waals surface area contributed by atoms with Crippen molar-refractivity contribution in [2.24, 2.45) is 0 Å². The summed E-state index contributed by atoms with van der Waals surface area (Å²) in [6.45, 7) is 6.67. The summed E-state index contributed by atoms with van der Waals surface area (Å²) in [5, 5.41) is 24.5. The second-order valence-electron chi connectivity index (χ2n) is 9.82. The molecule has 5 rings (SSSR count). The molecule has 3 aromatic rings. The number of aryl methyl sites for hydroxylation is 2. The average Bonchev–Trinajstić information content (AvgIpc) is 3.29. The Hall–Kier alpha value is -2.79. The van der Waals surface area contributed by atoms with Crippen molar-refractivity contribution in [3.8, 4) is 0 Å². The summed E-state index contributed by atoms with van der Waals surface area (Å²) in [6.07, 6.45) is 4.88. The van der Waals surface area contributed by atoms with Gasteiger partial charge in [-0.05, 0) is 43.0 Å². The average molecular weight is 517 g/mol. The number of quaternary nitrogens is 1. The van der Waals surface area contributed by atoms with Gasteiger partial charge in [-0.15, -0.1) is 0 Å². The van der Waals surface area contributed by atoms with E-state index in [1.165, 1.54) is 6.20 Å². The molecule has 192 valence electrons. The van der Waals surface area contributed by atoms with Crippen LogP contribution < -0.4 is 10.6 Å². The summed E-state index contributed by atoms with van der Waals surface area (Å²) < 4.78 is 20.8. The first-order chi connectivity index (χ1) is 17.3. The molecule has 0 bridgehead atoms. The summed E-state index contributed by atoms with van der Waals surface area (Å²) >= 11 is 6.24. The number of benzene rings is 1. The molecule has 36 heavy (non-hydrogen) atoms. The third-order valence-corrected chi connectivity index (χ3v) is 7.62. The number of rotatable bonds is 6. The van der Waals surface area contributed by atoms with Gasteiger partial charge in [0.1, 0.15) is 30.0 Å². The number of hydroxylamine groups is 3. The van der Waals surface area contributed by atoms with E-state index in [-0.39, 0.29) is 28.4 Å². The van der Waals surface area contributed by atoms with Crippen LogP contribution in [0, 0.1) is 19.7 Å². The molecule has 9 nitrogen and oxygen atoms in total. The third kappa shape index (κ3) is 5.31. The molecule has 2 aliphatic heterocycles. The van der Waals surface area contributed by atoms with Gasteiger partial charge in [0.05, 0.1) is 25.1 Å². The number of hydrogen-bond acceptors (Lipinski definition) is 7. The molecule has 0 unspecified atom stereocenters. The number of aromatic amines is 1. The summed E-state index contributed by atoms with van der Waals surface area (Å²) in [6, 6.07) is 5.46. The first-order valence-corrected chi connectivity index (χ1v) is 12.7. The minimum absolute atomic E-state index is 0.114. The SMILES string of the molecule is Cc1cc(Nc2nc(Nc3cc(C)c(C4CC[N+](O)(C5CCOCC5)CC4)cc3F)ncc2Cl)n[nH]1. The van der Waals surface area contributed by atoms with Crippen LogP contribution in [0.2, 0.25) is 5.02 Å². The van der Waals surface area contributed by atoms with Gasteiger partial charge in [-0.2, -0.15) is 14.7 Å². The largest absolute Gasteiger partial charge is 0.381 e. The molecular weight excluding hydrogens is 485 g/mol. The number of likely N-dealkylation sites (tertiary alicyclic amines) is 1. The van der Waals surface area contributed by atoms with E-state index in [9.17, 15) is 5.21 Å². The Labute approximate surface area is 214 Å². The topological polar surface area (TPSA) is 108 Å². The van der Waals surface area contributed by atoms with Crippen molar-refractivity contribution in [3.05, 3.63) is 52.1 Å². The Kier molecular flexibility index (Phi) is 7.11. The van der Waals surface area contributed by atoms with E-state index in [0.29, 0.717) is 48.6 Å². The predicted octanol–water partition coefficient (Wildman–Crippen LogP) is 5.36. The maximum Gasteiger partial charge on any atom is 0.229 e. The lowest BCUT2D eigenvalue weighted by atomic mass is 9.85. The van der Waals surface area contributed by atoms with E-state index in [1.807, 2.05) is 19.9 Å². The van der Waals surface area contributed by atoms with Crippen LogP contribution in [0.15, 0.2) is 24.4 Å². The lowest BCUT2D eigenvalue weighted by Crippen LogP contribution is -2.58. The zero-order valence-electron chi connectivity index (χ0n) is 20.5. The number of nitrogens with zero attached hydrogens (tertiary/aromatic N) is 4. The van der Waals surface area contributed by atoms with Crippen LogP contribution in [0.4, 0.5) is 27.7 Å². The second-order valence-corrected chi connectivity index (χ2v) is 10.2. The molecule has 4 heterocycles. The normalized spacial score (nSPS) is 23.0. The molecule has 1 aromatic carbocycles. The van der Waals surface area contributed by atoms with Gasteiger partial charge in [-0.25, -0.2) is 14.6 Å². The molecule has 0 spiro atoms. The highest BCUT2D eigenvalue weighted by molar-refractivity contribution is 6.32. The molecule has 0 radical (unpaired) electrons. The lowest BCUT2D eigenvalue weighted by molar-refractivity contribution is -1.12. The van der Waals surface area contributed by atoms with Gasteiger partial charge >= 0.3 is 0 Å². The minimum atomic E-state index is -0.369. The van der Waals surface area contributed by atoms with E-state index < -0.39 is 0 Å². The summed E-state index contributed by atoms with van der Waals surface area (Å²) in [5.74, 6) is 1.00. The summed E-state index contributed by atoms with van der Waals surface area (Å²) in [5.41, 5.74) is 3.17. The van der Waals surface area contributed by atoms with Crippen LogP contribution >= 0.6 is 11.6 Å². The zero-order valence-corrected chi connectivity index (χ0v) is 21.3. The van der Waals surface area contributed by atoms with Crippen LogP contribution in [0.1, 0.15) is 48.4 Å². The molecule has 2 fully saturated rings. The van der Waals surface area contributed by atoms with E-state index >= 15 is 4.39 Å². The van der Waals surface area contributed by atoms with Crippen molar-refractivity contribution >= 4 is 34.9 Å². The number of nitrogens with one attached hydrogen (secondary N) is 3. The molecule has 0 aliphatic carbocycles. The van der Waals surface area contributed by atoms with Crippen molar-refractivity contribution in [3.63, 3.8) is 0 Å². The van der Waals surface area contributed by atoms with Gasteiger partial charge in [-0.3, -0.25) is 5.10 Å². The highest BCUT2D eigenvalue weighted by Crippen LogP contribution is 2.37. The third-order valence-electron chi connectivity index (χ3n) is 7.34. The van der Waals surface area contributed by atoms with Crippen LogP contribution in [0.5, 0.6) is 0 Å². The number of halogens is 2. The maximum atomic E-state index is 15.2. The van der Waals surface area contributed by atoms with Crippen molar-refractivity contribution in [1.82, 2.24) is 20.2 Å². The maximum absolute atomic E-state index is 15.2. The van der Waals surface area contributed by atoms with Gasteiger partial charge < -0.3 is 15.4 Å². The van der Waals surface area contributed by atoms with Crippen molar-refractivity contribution in [2.45, 2.75) is 51.5 Å². The lowest BCUT2D eigenvalue weighted by Gasteiger charge is -2.43. The van der Waals surface area contributed by atoms with Crippen LogP contribution in [-0.4, -0.2) is 62.4 Å². The van der Waals surface area contributed by atoms with Crippen molar-refractivity contribution in [1.29, 1.82) is 0 Å². The fourth-order valence-corrected chi connectivity index (χ4v) is 5.47. The number of aromatic nitrogens is 4. The highest BCUT2D eigenvalue weighted by atomic mass is 35.5. The fourth-order valence-electron chi connectivity index (χ4n) is 5.33. The molecule has 2 saturated heterocycles. The smallest absolute Gasteiger partial charge is 0.229 e. The standard InChI is InChI=1S/C25H32ClFN7O2/c1-15-11-22(29-25-28-14-20(26)24(31-25)30-23-12-16(2)32-33-23)21(27)13-19(15)17-3-7-34(35,8-4-17)18-5-9-36-10-6-18/h11-14,17-18,35H,3-10H2,1-2H3,(H3,28,29,30,31,32,33)/q+1. The van der Waals surface area contributed by atoms with Crippen LogP contribution in [-0.2, 0) is 4.74 Å². The monoisotopic (exact) mass is 516 g/mol. The summed E-state index contributed by atoms with van der Waals surface area (Å²) in [7, 11) is 0. The van der Waals surface area contributed by atoms with Gasteiger partial charge in [0.15, 0.2) is 11.6 Å². The van der Waals surface area contributed by atoms with Crippen molar-refractivity contribution in [2.75, 3.05) is 36.9 Å². The number of piperidine rings is 1. The molecule has 0 atom stereocenters. The number of ether oxygens (including phenoxy) is 1. The van der Waals surface area contributed by atoms with E-state index in [2.05, 4.69) is 30.8 Å². The quantitative estimate of drug-likeness (QED) is 0.327. The molecule has 2 aromatic heterocycles. The minimum Gasteiger partial charge on any atom is -0.381 e. The van der Waals surface area contributed by atoms with Gasteiger partial charge in [0.2, 0.25) is 5.95 Å². The highest BCUT2D eigenvalue weighted by Gasteiger charge is 2.41. The molecular formula is C25H32ClFN7O2+. The first kappa shape index (κ1) is 24.9. The fraction of sp³-hybridized carbons (Fsp3) is 0.480. The van der Waals surface area contributed by atoms with E-state index in [0.717, 1.165) is 42.5 Å². The molecule has 4 N–H and O–H groups in total. The Bertz CT molecular complexity index is 1220. The van der Waals surface area contributed by atoms with Gasteiger partial charge in [-0.1, -0.05) is 11.6 Å². The van der Waals surface area contributed by atoms with Gasteiger partial charge in [0.25, 0.3) is 0 Å². The first-order valence-electron chi connectivity index (χ1n) is 12.4. The molecule has 0 saturated carbocycles. The van der Waals surface area contributed by atoms with E-state index in [1.54, 1.807) is 12.1 Å². The number of anilines is 4. The Morgan fingerprint density at radius 2 is 1.86 bits per heavy atom. The Morgan fingerprint density at radius 1 is 1.11 bits per heavy atom. The van der Waals surface area contributed by atoms with Crippen LogP contribution in [0.25, 0.3) is 0 Å². The predicted molar refractivity (Wildman–Crippen MR) is 136 cm³/mol. The van der Waals surface area contributed by atoms with Crippen LogP contribution in [0.3, 0.4) is 0 Å². The number of H-pyrrole nitrogens is 1. The second kappa shape index (κ2) is 10.3. The van der Waals surface area contributed by atoms with Crippen molar-refractivity contribution < 1.29 is 19.0 Å².